The minimum Gasteiger partial charge on any atom is -0.267 e. The SMILES string of the molecule is O=C(NNC(=O)c1cccc(S(=O)(=O)NCc2ccccc2)c1)c1ccc(SC(F)F)cc1. The van der Waals surface area contributed by atoms with E-state index in [1.165, 1.54) is 48.5 Å². The number of rotatable bonds is 8. The third-order valence-electron chi connectivity index (χ3n) is 4.35. The number of hydrogen-bond donors (Lipinski definition) is 3. The fraction of sp³-hybridized carbons (Fsp3) is 0.0909. The molecule has 2 amide bonds. The van der Waals surface area contributed by atoms with Gasteiger partial charge in [-0.3, -0.25) is 20.4 Å². The van der Waals surface area contributed by atoms with Crippen molar-refractivity contribution in [1.29, 1.82) is 0 Å². The first-order chi connectivity index (χ1) is 15.7. The average molecular weight is 492 g/mol. The Hall–Kier alpha value is -3.28. The molecule has 0 bridgehead atoms. The van der Waals surface area contributed by atoms with Crippen LogP contribution in [0.25, 0.3) is 0 Å². The van der Waals surface area contributed by atoms with Crippen LogP contribution in [0.1, 0.15) is 26.3 Å². The molecular weight excluding hydrogens is 472 g/mol. The number of hydrazine groups is 1. The summed E-state index contributed by atoms with van der Waals surface area (Å²) in [6.45, 7) is 0.0876. The Morgan fingerprint density at radius 3 is 2.09 bits per heavy atom. The molecule has 0 aliphatic carbocycles. The minimum absolute atomic E-state index is 0.0153. The number of hydrogen-bond acceptors (Lipinski definition) is 5. The fourth-order valence-corrected chi connectivity index (χ4v) is 4.27. The molecule has 0 saturated carbocycles. The van der Waals surface area contributed by atoms with Crippen molar-refractivity contribution in [3.8, 4) is 0 Å². The molecule has 7 nitrogen and oxygen atoms in total. The predicted molar refractivity (Wildman–Crippen MR) is 120 cm³/mol. The number of sulfonamides is 1. The molecule has 0 heterocycles. The van der Waals surface area contributed by atoms with Gasteiger partial charge in [0.25, 0.3) is 17.6 Å². The molecule has 0 aromatic heterocycles. The molecular formula is C22H19F2N3O4S2. The van der Waals surface area contributed by atoms with E-state index in [0.29, 0.717) is 16.7 Å². The van der Waals surface area contributed by atoms with Crippen molar-refractivity contribution in [3.05, 3.63) is 95.6 Å². The van der Waals surface area contributed by atoms with Crippen LogP contribution in [-0.4, -0.2) is 26.0 Å². The summed E-state index contributed by atoms with van der Waals surface area (Å²) in [4.78, 5) is 24.7. The number of nitrogens with one attached hydrogen (secondary N) is 3. The van der Waals surface area contributed by atoms with Gasteiger partial charge in [-0.05, 0) is 48.0 Å². The number of thioether (sulfide) groups is 1. The molecule has 0 radical (unpaired) electrons. The number of halogens is 2. The van der Waals surface area contributed by atoms with Crippen LogP contribution in [0.5, 0.6) is 0 Å². The average Bonchev–Trinajstić information content (AvgIpc) is 2.82. The van der Waals surface area contributed by atoms with Crippen LogP contribution in [0, 0.1) is 0 Å². The molecule has 3 N–H and O–H groups in total. The number of amides is 2. The highest BCUT2D eigenvalue weighted by Gasteiger charge is 2.17. The lowest BCUT2D eigenvalue weighted by molar-refractivity contribution is 0.0846. The molecule has 0 spiro atoms. The Morgan fingerprint density at radius 2 is 1.45 bits per heavy atom. The van der Waals surface area contributed by atoms with Gasteiger partial charge in [-0.25, -0.2) is 13.1 Å². The minimum atomic E-state index is -3.87. The van der Waals surface area contributed by atoms with E-state index in [2.05, 4.69) is 15.6 Å². The van der Waals surface area contributed by atoms with Crippen molar-refractivity contribution in [2.45, 2.75) is 22.1 Å². The van der Waals surface area contributed by atoms with Crippen molar-refractivity contribution in [2.24, 2.45) is 0 Å². The third kappa shape index (κ3) is 7.11. The Labute approximate surface area is 193 Å². The van der Waals surface area contributed by atoms with Gasteiger partial charge in [-0.1, -0.05) is 48.2 Å². The van der Waals surface area contributed by atoms with Crippen molar-refractivity contribution >= 4 is 33.6 Å². The van der Waals surface area contributed by atoms with E-state index in [4.69, 9.17) is 0 Å². The maximum Gasteiger partial charge on any atom is 0.288 e. The summed E-state index contributed by atoms with van der Waals surface area (Å²) in [5.41, 5.74) is 5.35. The third-order valence-corrected chi connectivity index (χ3v) is 6.47. The van der Waals surface area contributed by atoms with Crippen molar-refractivity contribution in [2.75, 3.05) is 0 Å². The number of carbonyl (C=O) groups excluding carboxylic acids is 2. The van der Waals surface area contributed by atoms with Crippen LogP contribution in [0.2, 0.25) is 0 Å². The maximum absolute atomic E-state index is 12.6. The van der Waals surface area contributed by atoms with Crippen molar-refractivity contribution in [1.82, 2.24) is 15.6 Å². The monoisotopic (exact) mass is 491 g/mol. The van der Waals surface area contributed by atoms with Gasteiger partial charge < -0.3 is 0 Å². The first-order valence-corrected chi connectivity index (χ1v) is 11.9. The molecule has 3 aromatic rings. The Balaban J connectivity index is 1.60. The second-order valence-corrected chi connectivity index (χ2v) is 9.48. The zero-order chi connectivity index (χ0) is 23.8. The number of alkyl halides is 2. The van der Waals surface area contributed by atoms with E-state index in [0.717, 1.165) is 5.56 Å². The van der Waals surface area contributed by atoms with Crippen molar-refractivity contribution < 1.29 is 26.8 Å². The standard InChI is InChI=1S/C22H19F2N3O4S2/c23-22(24)32-18-11-9-16(10-12-18)20(28)26-27-21(29)17-7-4-8-19(13-17)33(30,31)25-14-15-5-2-1-3-6-15/h1-13,22,25H,14H2,(H,26,28)(H,27,29). The van der Waals surface area contributed by atoms with Gasteiger partial charge >= 0.3 is 0 Å². The first kappa shape index (κ1) is 24.4. The largest absolute Gasteiger partial charge is 0.288 e. The zero-order valence-corrected chi connectivity index (χ0v) is 18.6. The molecule has 0 saturated heterocycles. The summed E-state index contributed by atoms with van der Waals surface area (Å²) in [5.74, 6) is -3.96. The Kier molecular flexibility index (Phi) is 8.15. The van der Waals surface area contributed by atoms with Crippen LogP contribution in [0.3, 0.4) is 0 Å². The van der Waals surface area contributed by atoms with E-state index < -0.39 is 27.6 Å². The fourth-order valence-electron chi connectivity index (χ4n) is 2.71. The predicted octanol–water partition coefficient (Wildman–Crippen LogP) is 3.55. The summed E-state index contributed by atoms with van der Waals surface area (Å²) in [5, 5.41) is 0. The number of benzene rings is 3. The van der Waals surface area contributed by atoms with Crippen molar-refractivity contribution in [3.63, 3.8) is 0 Å². The lowest BCUT2D eigenvalue weighted by Crippen LogP contribution is -2.41. The second-order valence-electron chi connectivity index (χ2n) is 6.65. The molecule has 11 heteroatoms. The van der Waals surface area contributed by atoms with E-state index in [9.17, 15) is 26.8 Å². The molecule has 0 fully saturated rings. The normalized spacial score (nSPS) is 11.2. The van der Waals surface area contributed by atoms with Crippen LogP contribution in [0.4, 0.5) is 8.78 Å². The van der Waals surface area contributed by atoms with Gasteiger partial charge in [0.1, 0.15) is 0 Å². The highest BCUT2D eigenvalue weighted by molar-refractivity contribution is 7.99. The summed E-state index contributed by atoms with van der Waals surface area (Å²) in [7, 11) is -3.87. The van der Waals surface area contributed by atoms with Crippen LogP contribution < -0.4 is 15.6 Å². The lowest BCUT2D eigenvalue weighted by Gasteiger charge is -2.10. The molecule has 0 aliphatic heterocycles. The van der Waals surface area contributed by atoms with E-state index in [1.807, 2.05) is 6.07 Å². The number of carbonyl (C=O) groups is 2. The topological polar surface area (TPSA) is 104 Å². The highest BCUT2D eigenvalue weighted by Crippen LogP contribution is 2.25. The highest BCUT2D eigenvalue weighted by atomic mass is 32.2. The second kappa shape index (κ2) is 11.0. The van der Waals surface area contributed by atoms with E-state index >= 15 is 0 Å². The molecule has 0 atom stereocenters. The van der Waals surface area contributed by atoms with Gasteiger partial charge in [-0.2, -0.15) is 8.78 Å². The van der Waals surface area contributed by atoms with Gasteiger partial charge in [0.15, 0.2) is 0 Å². The van der Waals surface area contributed by atoms with E-state index in [1.54, 1.807) is 24.3 Å². The lowest BCUT2D eigenvalue weighted by atomic mass is 10.2. The van der Waals surface area contributed by atoms with E-state index in [-0.39, 0.29) is 22.6 Å². The van der Waals surface area contributed by atoms with Crippen LogP contribution in [0.15, 0.2) is 88.7 Å². The maximum atomic E-state index is 12.6. The molecule has 3 rings (SSSR count). The van der Waals surface area contributed by atoms with Gasteiger partial charge in [0.05, 0.1) is 4.90 Å². The smallest absolute Gasteiger partial charge is 0.267 e. The van der Waals surface area contributed by atoms with Crippen LogP contribution >= 0.6 is 11.8 Å². The summed E-state index contributed by atoms with van der Waals surface area (Å²) in [6, 6.07) is 19.7. The van der Waals surface area contributed by atoms with Gasteiger partial charge in [0, 0.05) is 22.6 Å². The Bertz CT molecular complexity index is 1220. The first-order valence-electron chi connectivity index (χ1n) is 9.54. The zero-order valence-electron chi connectivity index (χ0n) is 17.0. The quantitative estimate of drug-likeness (QED) is 0.330. The summed E-state index contributed by atoms with van der Waals surface area (Å²) < 4.78 is 52.3. The molecule has 33 heavy (non-hydrogen) atoms. The summed E-state index contributed by atoms with van der Waals surface area (Å²) in [6.07, 6.45) is 0. The molecule has 3 aromatic carbocycles. The molecule has 172 valence electrons. The molecule has 0 unspecified atom stereocenters. The van der Waals surface area contributed by atoms with Gasteiger partial charge in [0.2, 0.25) is 10.0 Å². The van der Waals surface area contributed by atoms with Crippen LogP contribution in [-0.2, 0) is 16.6 Å². The summed E-state index contributed by atoms with van der Waals surface area (Å²) >= 11 is 0.351. The van der Waals surface area contributed by atoms with Gasteiger partial charge in [-0.15, -0.1) is 0 Å². The Morgan fingerprint density at radius 1 is 0.818 bits per heavy atom. The molecule has 0 aliphatic rings.